The van der Waals surface area contributed by atoms with Gasteiger partial charge >= 0.3 is 0 Å². The van der Waals surface area contributed by atoms with Crippen molar-refractivity contribution in [2.24, 2.45) is 5.10 Å². The van der Waals surface area contributed by atoms with Gasteiger partial charge in [0.1, 0.15) is 0 Å². The normalized spacial score (nSPS) is 11.6. The van der Waals surface area contributed by atoms with E-state index in [9.17, 15) is 0 Å². The fraction of sp³-hybridized carbons (Fsp3) is 0.476. The van der Waals surface area contributed by atoms with Gasteiger partial charge in [-0.15, -0.1) is 0 Å². The summed E-state index contributed by atoms with van der Waals surface area (Å²) in [5.74, 6) is 0.599. The largest absolute Gasteiger partial charge is 0.245 e. The first-order chi connectivity index (χ1) is 12.2. The van der Waals surface area contributed by atoms with Crippen molar-refractivity contribution in [3.05, 3.63) is 52.8 Å². The molecule has 0 saturated heterocycles. The molecule has 1 heterocycles. The molecule has 0 aliphatic carbocycles. The van der Waals surface area contributed by atoms with E-state index in [1.807, 2.05) is 6.92 Å². The van der Waals surface area contributed by atoms with Crippen molar-refractivity contribution in [1.82, 2.24) is 9.97 Å². The summed E-state index contributed by atoms with van der Waals surface area (Å²) >= 11 is 0. The molecule has 2 rings (SSSR count). The second-order valence-electron chi connectivity index (χ2n) is 6.39. The minimum Gasteiger partial charge on any atom is -0.245 e. The summed E-state index contributed by atoms with van der Waals surface area (Å²) in [5, 5.41) is 4.55. The number of nitrogens with zero attached hydrogens (tertiary/aromatic N) is 3. The van der Waals surface area contributed by atoms with E-state index in [1.54, 1.807) is 0 Å². The number of aromatic nitrogens is 2. The molecule has 0 atom stereocenters. The van der Waals surface area contributed by atoms with E-state index in [4.69, 9.17) is 0 Å². The van der Waals surface area contributed by atoms with Gasteiger partial charge in [-0.2, -0.15) is 5.10 Å². The van der Waals surface area contributed by atoms with Crippen LogP contribution < -0.4 is 5.43 Å². The van der Waals surface area contributed by atoms with Crippen molar-refractivity contribution < 1.29 is 0 Å². The van der Waals surface area contributed by atoms with E-state index in [0.29, 0.717) is 5.95 Å². The number of hydrogen-bond donors (Lipinski definition) is 1. The minimum atomic E-state index is 0.599. The van der Waals surface area contributed by atoms with Crippen LogP contribution in [0.1, 0.15) is 69.5 Å². The SMILES string of the molecule is CCCc1cc(CCC)nc(NN=C(C)c2ccccc2CCC)n1. The van der Waals surface area contributed by atoms with Crippen LogP contribution in [0.25, 0.3) is 0 Å². The fourth-order valence-electron chi connectivity index (χ4n) is 2.93. The van der Waals surface area contributed by atoms with E-state index in [-0.39, 0.29) is 0 Å². The van der Waals surface area contributed by atoms with Crippen molar-refractivity contribution in [3.63, 3.8) is 0 Å². The van der Waals surface area contributed by atoms with Crippen molar-refractivity contribution in [2.45, 2.75) is 66.2 Å². The molecule has 0 aliphatic heterocycles. The van der Waals surface area contributed by atoms with Crippen molar-refractivity contribution in [1.29, 1.82) is 0 Å². The summed E-state index contributed by atoms with van der Waals surface area (Å²) in [6.07, 6.45) is 6.28. The molecule has 134 valence electrons. The Morgan fingerprint density at radius 1 is 0.920 bits per heavy atom. The zero-order chi connectivity index (χ0) is 18.1. The molecule has 4 heteroatoms. The predicted molar refractivity (Wildman–Crippen MR) is 106 cm³/mol. The lowest BCUT2D eigenvalue weighted by molar-refractivity contribution is 0.830. The summed E-state index contributed by atoms with van der Waals surface area (Å²) in [6, 6.07) is 10.6. The molecule has 25 heavy (non-hydrogen) atoms. The molecule has 0 unspecified atom stereocenters. The molecule has 0 amide bonds. The van der Waals surface area contributed by atoms with Crippen LogP contribution in [0.3, 0.4) is 0 Å². The van der Waals surface area contributed by atoms with E-state index in [2.05, 4.69) is 71.6 Å². The number of aryl methyl sites for hydroxylation is 3. The lowest BCUT2D eigenvalue weighted by atomic mass is 10.0. The molecule has 0 bridgehead atoms. The number of hydrogen-bond acceptors (Lipinski definition) is 4. The maximum absolute atomic E-state index is 4.60. The molecular formula is C21H30N4. The van der Waals surface area contributed by atoms with Crippen LogP contribution >= 0.6 is 0 Å². The Bertz CT molecular complexity index is 683. The molecule has 1 aromatic carbocycles. The smallest absolute Gasteiger partial charge is 0.243 e. The summed E-state index contributed by atoms with van der Waals surface area (Å²) in [7, 11) is 0. The Kier molecular flexibility index (Phi) is 7.58. The highest BCUT2D eigenvalue weighted by molar-refractivity contribution is 6.00. The zero-order valence-electron chi connectivity index (χ0n) is 16.0. The van der Waals surface area contributed by atoms with Crippen molar-refractivity contribution in [2.75, 3.05) is 5.43 Å². The van der Waals surface area contributed by atoms with E-state index in [0.717, 1.165) is 55.6 Å². The third-order valence-electron chi connectivity index (χ3n) is 4.09. The zero-order valence-corrected chi connectivity index (χ0v) is 16.0. The van der Waals surface area contributed by atoms with Crippen molar-refractivity contribution in [3.8, 4) is 0 Å². The maximum Gasteiger partial charge on any atom is 0.243 e. The average molecular weight is 338 g/mol. The predicted octanol–water partition coefficient (Wildman–Crippen LogP) is 5.17. The highest BCUT2D eigenvalue weighted by Gasteiger charge is 2.06. The summed E-state index contributed by atoms with van der Waals surface area (Å²) < 4.78 is 0. The standard InChI is InChI=1S/C21H30N4/c1-5-10-17-13-8-9-14-20(17)16(4)24-25-21-22-18(11-6-2)15-19(23-21)12-7-3/h8-9,13-15H,5-7,10-12H2,1-4H3,(H,22,23,25). The average Bonchev–Trinajstić information content (AvgIpc) is 2.61. The lowest BCUT2D eigenvalue weighted by Gasteiger charge is -2.10. The van der Waals surface area contributed by atoms with Gasteiger partial charge < -0.3 is 0 Å². The molecule has 2 aromatic rings. The minimum absolute atomic E-state index is 0.599. The third kappa shape index (κ3) is 5.66. The first kappa shape index (κ1) is 19.1. The van der Waals surface area contributed by atoms with E-state index < -0.39 is 0 Å². The molecule has 0 radical (unpaired) electrons. The second kappa shape index (κ2) is 9.92. The molecule has 4 nitrogen and oxygen atoms in total. The number of rotatable bonds is 9. The monoisotopic (exact) mass is 338 g/mol. The van der Waals surface area contributed by atoms with Gasteiger partial charge in [-0.1, -0.05) is 64.3 Å². The quantitative estimate of drug-likeness (QED) is 0.507. The van der Waals surface area contributed by atoms with Gasteiger partial charge in [0.25, 0.3) is 0 Å². The molecule has 0 fully saturated rings. The topological polar surface area (TPSA) is 50.2 Å². The first-order valence-corrected chi connectivity index (χ1v) is 9.43. The summed E-state index contributed by atoms with van der Waals surface area (Å²) in [5.41, 5.74) is 8.73. The Morgan fingerprint density at radius 2 is 1.52 bits per heavy atom. The number of nitrogens with one attached hydrogen (secondary N) is 1. The third-order valence-corrected chi connectivity index (χ3v) is 4.09. The summed E-state index contributed by atoms with van der Waals surface area (Å²) in [4.78, 5) is 9.20. The Hall–Kier alpha value is -2.23. The van der Waals surface area contributed by atoms with E-state index in [1.165, 1.54) is 11.1 Å². The maximum atomic E-state index is 4.60. The van der Waals surface area contributed by atoms with Crippen LogP contribution in [0, 0.1) is 0 Å². The van der Waals surface area contributed by atoms with E-state index >= 15 is 0 Å². The first-order valence-electron chi connectivity index (χ1n) is 9.43. The van der Waals surface area contributed by atoms with Crippen LogP contribution in [-0.2, 0) is 19.3 Å². The Morgan fingerprint density at radius 3 is 2.12 bits per heavy atom. The highest BCUT2D eigenvalue weighted by atomic mass is 15.4. The number of benzene rings is 1. The molecule has 0 aliphatic rings. The van der Waals surface area contributed by atoms with Gasteiger partial charge in [-0.3, -0.25) is 0 Å². The van der Waals surface area contributed by atoms with Crippen LogP contribution in [-0.4, -0.2) is 15.7 Å². The highest BCUT2D eigenvalue weighted by Crippen LogP contribution is 2.14. The van der Waals surface area contributed by atoms with Crippen LogP contribution in [0.15, 0.2) is 35.4 Å². The van der Waals surface area contributed by atoms with Gasteiger partial charge in [0.05, 0.1) is 5.71 Å². The number of hydrazone groups is 1. The van der Waals surface area contributed by atoms with Crippen LogP contribution in [0.2, 0.25) is 0 Å². The Labute approximate surface area is 151 Å². The number of anilines is 1. The second-order valence-corrected chi connectivity index (χ2v) is 6.39. The van der Waals surface area contributed by atoms with Crippen LogP contribution in [0.4, 0.5) is 5.95 Å². The molecule has 0 saturated carbocycles. The molecular weight excluding hydrogens is 308 g/mol. The fourth-order valence-corrected chi connectivity index (χ4v) is 2.93. The van der Waals surface area contributed by atoms with Crippen molar-refractivity contribution >= 4 is 11.7 Å². The molecule has 0 spiro atoms. The Balaban J connectivity index is 2.22. The lowest BCUT2D eigenvalue weighted by Crippen LogP contribution is -2.07. The van der Waals surface area contributed by atoms with Gasteiger partial charge in [0.2, 0.25) is 5.95 Å². The van der Waals surface area contributed by atoms with Crippen LogP contribution in [0.5, 0.6) is 0 Å². The van der Waals surface area contributed by atoms with Gasteiger partial charge in [-0.05, 0) is 37.8 Å². The van der Waals surface area contributed by atoms with Gasteiger partial charge in [0, 0.05) is 17.0 Å². The summed E-state index contributed by atoms with van der Waals surface area (Å²) in [6.45, 7) is 8.57. The molecule has 1 aromatic heterocycles. The van der Waals surface area contributed by atoms with Gasteiger partial charge in [-0.25, -0.2) is 15.4 Å². The molecule has 1 N–H and O–H groups in total. The van der Waals surface area contributed by atoms with Gasteiger partial charge in [0.15, 0.2) is 0 Å².